The zero-order valence-electron chi connectivity index (χ0n) is 39.4. The zero-order chi connectivity index (χ0) is 62.1. The van der Waals surface area contributed by atoms with E-state index in [0.29, 0.717) is 5.57 Å². The van der Waals surface area contributed by atoms with Crippen molar-refractivity contribution in [3.63, 3.8) is 0 Å². The first-order valence-electron chi connectivity index (χ1n) is 18.8. The Morgan fingerprint density at radius 2 is 0.818 bits per heavy atom. The summed E-state index contributed by atoms with van der Waals surface area (Å²) in [6.45, 7) is 6.16. The highest BCUT2D eigenvalue weighted by Crippen LogP contribution is 2.41. The molecule has 0 saturated carbocycles. The Morgan fingerprint density at radius 1 is 0.506 bits per heavy atom. The van der Waals surface area contributed by atoms with Crippen LogP contribution in [0.4, 0.5) is 97.7 Å². The number of alkyl halides is 18. The van der Waals surface area contributed by atoms with Gasteiger partial charge in [-0.3, -0.25) is 9.47 Å². The molecule has 0 aliphatic carbocycles. The number of nitrogens with zero attached hydrogens (tertiary/aromatic N) is 1. The fourth-order valence-electron chi connectivity index (χ4n) is 2.17. The first kappa shape index (κ1) is 84.8. The number of nitrogens with one attached hydrogen (secondary N) is 2. The minimum Gasteiger partial charge on any atom is -0.460 e. The normalized spacial score (nSPS) is 10.8. The molecule has 22 nitrogen and oxygen atoms in total. The van der Waals surface area contributed by atoms with E-state index in [9.17, 15) is 117 Å². The topological polar surface area (TPSA) is 281 Å². The van der Waals surface area contributed by atoms with Crippen molar-refractivity contribution in [2.45, 2.75) is 57.8 Å². The number of amides is 2. The molecule has 0 aromatic heterocycles. The largest absolute Gasteiger partial charge is 0.492 e. The maximum absolute atomic E-state index is 12.0. The third-order valence-corrected chi connectivity index (χ3v) is 5.15. The van der Waals surface area contributed by atoms with Crippen LogP contribution < -0.4 is 10.6 Å². The lowest BCUT2D eigenvalue weighted by Crippen LogP contribution is -2.48. The molecule has 0 bridgehead atoms. The number of ether oxygens (including phenoxy) is 9. The molecule has 77 heavy (non-hydrogen) atoms. The molecular weight excluding hydrogens is 1150 g/mol. The highest BCUT2D eigenvalue weighted by Gasteiger charge is 2.67. The van der Waals surface area contributed by atoms with E-state index >= 15 is 0 Å². The molecule has 2 amide bonds. The number of aliphatic hydroxyl groups excluding tert-OH is 2. The molecule has 0 aliphatic rings. The van der Waals surface area contributed by atoms with E-state index in [1.54, 1.807) is 6.92 Å². The number of carbonyl (C=O) groups is 5. The second-order valence-corrected chi connectivity index (χ2v) is 11.3. The third-order valence-electron chi connectivity index (χ3n) is 5.15. The Bertz CT molecular complexity index is 1660. The first-order chi connectivity index (χ1) is 35.3. The number of alkyl carbamates (subject to hydrolysis) is 2. The minimum absolute atomic E-state index is 0.00687. The van der Waals surface area contributed by atoms with Gasteiger partial charge in [-0.25, -0.2) is 69.6 Å². The van der Waals surface area contributed by atoms with Gasteiger partial charge in [-0.05, 0) is 29.8 Å². The summed E-state index contributed by atoms with van der Waals surface area (Å²) >= 11 is 0. The summed E-state index contributed by atoms with van der Waals surface area (Å²) in [6.07, 6.45) is -35.0. The summed E-state index contributed by atoms with van der Waals surface area (Å²) in [4.78, 5) is 69.1. The van der Waals surface area contributed by atoms with Crippen molar-refractivity contribution < 1.29 is 180 Å². The van der Waals surface area contributed by atoms with Crippen molar-refractivity contribution in [2.75, 3.05) is 93.5 Å². The lowest BCUT2D eigenvalue weighted by molar-refractivity contribution is -0.548. The van der Waals surface area contributed by atoms with Gasteiger partial charge in [0.15, 0.2) is 20.6 Å². The SMILES string of the molecule is C=C(C)C(=O)OCCN=C=O.C=C(C)C(=O)OCCNC(=O)OCCF.C=C(C)C(=O)OCCNC(=O)OCF.FCOC(F)(F)OC(F)(F)C(F)(F)OF.FCOC(F)(F)OC(F)(F)C(F)(F)OF.OCCF.OCF. The molecule has 0 radical (unpaired) electrons. The number of aliphatic hydroxyl groups is 2. The van der Waals surface area contributed by atoms with Crippen molar-refractivity contribution in [3.8, 4) is 0 Å². The van der Waals surface area contributed by atoms with Crippen LogP contribution in [0.15, 0.2) is 41.4 Å². The van der Waals surface area contributed by atoms with Crippen molar-refractivity contribution >= 4 is 36.2 Å². The molecule has 0 fully saturated rings. The number of esters is 3. The summed E-state index contributed by atoms with van der Waals surface area (Å²) in [6, 6.07) is 0. The predicted molar refractivity (Wildman–Crippen MR) is 208 cm³/mol. The number of isocyanates is 1. The Hall–Kier alpha value is -6.17. The Morgan fingerprint density at radius 3 is 1.06 bits per heavy atom. The van der Waals surface area contributed by atoms with Gasteiger partial charge in [0.1, 0.15) is 39.8 Å². The maximum atomic E-state index is 12.0. The van der Waals surface area contributed by atoms with Crippen molar-refractivity contribution in [2.24, 2.45) is 4.99 Å². The Labute approximate surface area is 419 Å². The van der Waals surface area contributed by atoms with Gasteiger partial charge >= 0.3 is 67.1 Å². The lowest BCUT2D eigenvalue weighted by atomic mass is 10.4. The van der Waals surface area contributed by atoms with Crippen LogP contribution in [0.5, 0.6) is 0 Å². The number of carbonyl (C=O) groups excluding carboxylic acids is 6. The van der Waals surface area contributed by atoms with Gasteiger partial charge in [-0.15, -0.1) is 27.4 Å². The zero-order valence-corrected chi connectivity index (χ0v) is 39.4. The summed E-state index contributed by atoms with van der Waals surface area (Å²) in [7, 11) is 0. The monoisotopic (exact) mass is 1190 g/mol. The molecular formula is C35H47F20N3O19. The summed E-state index contributed by atoms with van der Waals surface area (Å²) in [5, 5.41) is 18.8. The van der Waals surface area contributed by atoms with Gasteiger partial charge < -0.3 is 44.5 Å². The molecule has 4 N–H and O–H groups in total. The van der Waals surface area contributed by atoms with Crippen molar-refractivity contribution in [3.05, 3.63) is 36.5 Å². The molecule has 0 spiro atoms. The van der Waals surface area contributed by atoms with Gasteiger partial charge in [0.25, 0.3) is 0 Å². The Kier molecular flexibility index (Phi) is 53.1. The van der Waals surface area contributed by atoms with E-state index in [4.69, 9.17) is 10.2 Å². The number of hydrogen-bond acceptors (Lipinski definition) is 20. The van der Waals surface area contributed by atoms with Gasteiger partial charge in [-0.2, -0.15) is 35.1 Å². The van der Waals surface area contributed by atoms with E-state index in [1.165, 1.54) is 29.8 Å². The van der Waals surface area contributed by atoms with Gasteiger partial charge in [0.2, 0.25) is 12.9 Å². The molecule has 42 heteroatoms. The minimum atomic E-state index is -6.04. The highest BCUT2D eigenvalue weighted by atomic mass is 19.4. The van der Waals surface area contributed by atoms with Crippen LogP contribution in [-0.4, -0.2) is 177 Å². The van der Waals surface area contributed by atoms with Crippen LogP contribution in [0.3, 0.4) is 0 Å². The molecule has 0 aromatic rings. The summed E-state index contributed by atoms with van der Waals surface area (Å²) < 4.78 is 261. The predicted octanol–water partition coefficient (Wildman–Crippen LogP) is 7.02. The van der Waals surface area contributed by atoms with Crippen LogP contribution in [0.1, 0.15) is 20.8 Å². The molecule has 0 aliphatic heterocycles. The van der Waals surface area contributed by atoms with E-state index in [2.05, 4.69) is 78.0 Å². The number of rotatable bonds is 28. The molecule has 0 aromatic carbocycles. The van der Waals surface area contributed by atoms with Crippen molar-refractivity contribution in [1.82, 2.24) is 10.6 Å². The molecule has 0 heterocycles. The van der Waals surface area contributed by atoms with Crippen LogP contribution >= 0.6 is 0 Å². The average Bonchev–Trinajstić information content (AvgIpc) is 3.32. The van der Waals surface area contributed by atoms with E-state index in [0.717, 1.165) is 0 Å². The molecule has 0 unspecified atom stereocenters. The van der Waals surface area contributed by atoms with Crippen LogP contribution in [-0.2, 0) is 71.7 Å². The quantitative estimate of drug-likeness (QED) is 0.00894. The van der Waals surface area contributed by atoms with E-state index in [1.807, 2.05) is 0 Å². The van der Waals surface area contributed by atoms with Gasteiger partial charge in [0, 0.05) is 16.7 Å². The number of aliphatic imine (C=N–C) groups is 1. The first-order valence-corrected chi connectivity index (χ1v) is 18.8. The molecule has 0 rings (SSSR count). The van der Waals surface area contributed by atoms with Gasteiger partial charge in [-0.1, -0.05) is 19.7 Å². The van der Waals surface area contributed by atoms with E-state index < -0.39 is 108 Å². The molecule has 0 atom stereocenters. The second-order valence-electron chi connectivity index (χ2n) is 11.3. The highest BCUT2D eigenvalue weighted by molar-refractivity contribution is 5.87. The molecule has 0 saturated heterocycles. The fraction of sp³-hybridized carbons (Fsp3) is 0.657. The number of hydrogen-bond donors (Lipinski definition) is 4. The molecule has 456 valence electrons. The summed E-state index contributed by atoms with van der Waals surface area (Å²) in [5.41, 5.74) is 0.895. The number of halogens is 20. The van der Waals surface area contributed by atoms with Crippen LogP contribution in [0.25, 0.3) is 0 Å². The van der Waals surface area contributed by atoms with Crippen molar-refractivity contribution in [1.29, 1.82) is 0 Å². The Balaban J connectivity index is -0.000000154. The lowest BCUT2D eigenvalue weighted by Gasteiger charge is -2.25. The van der Waals surface area contributed by atoms with Gasteiger partial charge in [0.05, 0.1) is 26.2 Å². The standard InChI is InChI=1S/C9H14FNO4.C8H12FNO4.C7H9NO3.2C4H2F8O3.C2H5FO.CH3FO/c1-7(2)8(12)14-6-4-11-9(13)15-5-3-10;1-6(2)7(11)13-4-3-10-8(12)14-5-9;1-6(2)7(10)11-4-3-8-5-9;2*5-1-13-4(10,11)14-2(6,7)3(8,9)15-12;3-1-2-4;2-1-3/h1,3-6H2,2H3,(H,11,13);1,3-5H2,2H3,(H,10,12);1,3-4H2,2H3;2*1H2;4H,1-2H2;3H,1H2. The van der Waals surface area contributed by atoms with Crippen LogP contribution in [0.2, 0.25) is 0 Å². The smallest absolute Gasteiger partial charge is 0.460 e. The maximum Gasteiger partial charge on any atom is 0.492 e. The average molecular weight is 1190 g/mol. The second kappa shape index (κ2) is 48.2. The summed E-state index contributed by atoms with van der Waals surface area (Å²) in [5.74, 6) is -1.52. The van der Waals surface area contributed by atoms with Crippen LogP contribution in [0, 0.1) is 0 Å². The fourth-order valence-corrected chi connectivity index (χ4v) is 2.17. The third kappa shape index (κ3) is 53.0. The van der Waals surface area contributed by atoms with E-state index in [-0.39, 0.29) is 63.8 Å².